The summed E-state index contributed by atoms with van der Waals surface area (Å²) in [6, 6.07) is 11.4. The van der Waals surface area contributed by atoms with Crippen LogP contribution in [0, 0.1) is 6.92 Å². The van der Waals surface area contributed by atoms with Gasteiger partial charge >= 0.3 is 0 Å². The van der Waals surface area contributed by atoms with Crippen LogP contribution in [-0.2, 0) is 17.4 Å². The van der Waals surface area contributed by atoms with Crippen molar-refractivity contribution < 1.29 is 5.11 Å². The molecule has 154 valence electrons. The fourth-order valence-corrected chi connectivity index (χ4v) is 4.60. The van der Waals surface area contributed by atoms with E-state index in [-0.39, 0.29) is 10.8 Å². The summed E-state index contributed by atoms with van der Waals surface area (Å²) in [5.74, 6) is 0.463. The molecule has 0 bridgehead atoms. The van der Waals surface area contributed by atoms with Gasteiger partial charge in [-0.25, -0.2) is 0 Å². The van der Waals surface area contributed by atoms with E-state index in [0.29, 0.717) is 20.4 Å². The number of aromatic hydroxyl groups is 1. The lowest BCUT2D eigenvalue weighted by Crippen LogP contribution is -2.26. The van der Waals surface area contributed by atoms with Crippen LogP contribution in [0.4, 0.5) is 0 Å². The molecule has 0 fully saturated rings. The number of phenols is 1. The van der Waals surface area contributed by atoms with Gasteiger partial charge in [-0.2, -0.15) is 0 Å². The van der Waals surface area contributed by atoms with Crippen molar-refractivity contribution in [1.29, 1.82) is 0 Å². The molecule has 0 saturated carbocycles. The average molecular weight is 400 g/mol. The molecule has 28 heavy (non-hydrogen) atoms. The molecule has 2 N–H and O–H groups in total. The molecule has 0 aromatic heterocycles. The van der Waals surface area contributed by atoms with Crippen molar-refractivity contribution in [1.82, 2.24) is 5.32 Å². The minimum absolute atomic E-state index is 0.0424. The number of benzene rings is 2. The van der Waals surface area contributed by atoms with Crippen LogP contribution in [-0.4, -0.2) is 11.1 Å². The fourth-order valence-electron chi connectivity index (χ4n) is 3.24. The van der Waals surface area contributed by atoms with Gasteiger partial charge in [-0.1, -0.05) is 88.2 Å². The molecule has 1 atom stereocenters. The van der Waals surface area contributed by atoms with Gasteiger partial charge < -0.3 is 10.4 Å². The summed E-state index contributed by atoms with van der Waals surface area (Å²) in [6.45, 7) is 20.6. The monoisotopic (exact) mass is 399 g/mol. The van der Waals surface area contributed by atoms with Crippen LogP contribution in [0.5, 0.6) is 5.75 Å². The van der Waals surface area contributed by atoms with Gasteiger partial charge in [-0.15, -0.1) is 0 Å². The van der Waals surface area contributed by atoms with Crippen LogP contribution in [0.2, 0.25) is 0 Å². The number of phenolic OH excluding ortho intramolecular Hbond substituents is 1. The van der Waals surface area contributed by atoms with Crippen molar-refractivity contribution in [3.05, 3.63) is 52.6 Å². The predicted octanol–water partition coefficient (Wildman–Crippen LogP) is 5.42. The maximum atomic E-state index is 11.2. The predicted molar refractivity (Wildman–Crippen MR) is 126 cm³/mol. The summed E-state index contributed by atoms with van der Waals surface area (Å²) in [4.78, 5) is 0. The van der Waals surface area contributed by atoms with Gasteiger partial charge in [-0.05, 0) is 45.8 Å². The van der Waals surface area contributed by atoms with E-state index in [1.165, 1.54) is 22.0 Å². The van der Waals surface area contributed by atoms with Crippen molar-refractivity contribution in [2.45, 2.75) is 85.7 Å². The van der Waals surface area contributed by atoms with E-state index < -0.39 is 0 Å². The Morgan fingerprint density at radius 3 is 2.18 bits per heavy atom. The molecule has 0 aliphatic carbocycles. The van der Waals surface area contributed by atoms with Gasteiger partial charge in [0.2, 0.25) is 0 Å². The van der Waals surface area contributed by atoms with Crippen molar-refractivity contribution in [3.63, 3.8) is 0 Å². The standard InChI is InChI=1S/C25H38NOP/c1-16(2)26-15-18-12-10-11-17(3)23(18)28-21-14-19(24(4,5)6)13-20(22(21)27)25(7,8)9/h10-14,16,26-28H,15H2,1-9H3. The highest BCUT2D eigenvalue weighted by molar-refractivity contribution is 7.56. The van der Waals surface area contributed by atoms with Gasteiger partial charge in [-0.3, -0.25) is 0 Å². The Labute approximate surface area is 173 Å². The second kappa shape index (κ2) is 8.56. The highest BCUT2D eigenvalue weighted by Gasteiger charge is 2.25. The molecule has 0 spiro atoms. The van der Waals surface area contributed by atoms with Crippen molar-refractivity contribution >= 4 is 19.2 Å². The van der Waals surface area contributed by atoms with Crippen molar-refractivity contribution in [2.75, 3.05) is 0 Å². The molecule has 0 radical (unpaired) electrons. The lowest BCUT2D eigenvalue weighted by Gasteiger charge is -2.28. The van der Waals surface area contributed by atoms with Gasteiger partial charge in [0.25, 0.3) is 0 Å². The SMILES string of the molecule is Cc1cccc(CNC(C)C)c1Pc1cc(C(C)(C)C)cc(C(C)(C)C)c1O. The number of aryl methyl sites for hydroxylation is 1. The van der Waals surface area contributed by atoms with Crippen LogP contribution in [0.1, 0.15) is 77.6 Å². The van der Waals surface area contributed by atoms with Crippen LogP contribution >= 0.6 is 8.58 Å². The van der Waals surface area contributed by atoms with E-state index in [1.807, 2.05) is 0 Å². The number of nitrogens with one attached hydrogen (secondary N) is 1. The van der Waals surface area contributed by atoms with Gasteiger partial charge in [0.05, 0.1) is 0 Å². The van der Waals surface area contributed by atoms with E-state index in [2.05, 4.69) is 98.0 Å². The molecule has 0 amide bonds. The topological polar surface area (TPSA) is 32.3 Å². The Balaban J connectivity index is 2.58. The molecule has 3 heteroatoms. The fraction of sp³-hybridized carbons (Fsp3) is 0.520. The average Bonchev–Trinajstić information content (AvgIpc) is 2.54. The summed E-state index contributed by atoms with van der Waals surface area (Å²) >= 11 is 0. The molecule has 2 aromatic carbocycles. The maximum Gasteiger partial charge on any atom is 0.127 e. The molecular formula is C25H38NOP. The molecule has 2 aromatic rings. The summed E-state index contributed by atoms with van der Waals surface area (Å²) < 4.78 is 0. The Bertz CT molecular complexity index is 826. The van der Waals surface area contributed by atoms with E-state index in [9.17, 15) is 5.11 Å². The van der Waals surface area contributed by atoms with Crippen LogP contribution in [0.25, 0.3) is 0 Å². The maximum absolute atomic E-state index is 11.2. The van der Waals surface area contributed by atoms with E-state index in [1.54, 1.807) is 0 Å². The molecule has 2 nitrogen and oxygen atoms in total. The van der Waals surface area contributed by atoms with E-state index >= 15 is 0 Å². The van der Waals surface area contributed by atoms with Gasteiger partial charge in [0.15, 0.2) is 0 Å². The first kappa shape index (κ1) is 22.9. The Hall–Kier alpha value is -1.37. The molecule has 0 aliphatic rings. The van der Waals surface area contributed by atoms with Gasteiger partial charge in [0.1, 0.15) is 5.75 Å². The third-order valence-electron chi connectivity index (χ3n) is 5.10. The minimum atomic E-state index is -0.0989. The van der Waals surface area contributed by atoms with Crippen molar-refractivity contribution in [2.24, 2.45) is 0 Å². The highest BCUT2D eigenvalue weighted by Crippen LogP contribution is 2.36. The molecule has 0 heterocycles. The van der Waals surface area contributed by atoms with E-state index in [0.717, 1.165) is 17.4 Å². The van der Waals surface area contributed by atoms with Crippen molar-refractivity contribution in [3.8, 4) is 5.75 Å². The minimum Gasteiger partial charge on any atom is -0.507 e. The summed E-state index contributed by atoms with van der Waals surface area (Å²) in [7, 11) is 0.438. The first-order valence-electron chi connectivity index (χ1n) is 10.3. The first-order valence-corrected chi connectivity index (χ1v) is 11.3. The first-order chi connectivity index (χ1) is 12.8. The Morgan fingerprint density at radius 2 is 1.64 bits per heavy atom. The molecule has 2 rings (SSSR count). The Kier molecular flexibility index (Phi) is 7.00. The third-order valence-corrected chi connectivity index (χ3v) is 6.72. The second-order valence-electron chi connectivity index (χ2n) is 10.2. The lowest BCUT2D eigenvalue weighted by molar-refractivity contribution is 0.449. The number of hydrogen-bond donors (Lipinski definition) is 2. The normalized spacial score (nSPS) is 13.1. The molecule has 0 aliphatic heterocycles. The zero-order valence-electron chi connectivity index (χ0n) is 19.1. The van der Waals surface area contributed by atoms with E-state index in [4.69, 9.17) is 0 Å². The van der Waals surface area contributed by atoms with Gasteiger partial charge in [0, 0.05) is 23.5 Å². The molecule has 0 saturated heterocycles. The van der Waals surface area contributed by atoms with Crippen LogP contribution in [0.3, 0.4) is 0 Å². The molecular weight excluding hydrogens is 361 g/mol. The summed E-state index contributed by atoms with van der Waals surface area (Å²) in [5, 5.41) is 17.1. The third kappa shape index (κ3) is 5.58. The van der Waals surface area contributed by atoms with Crippen LogP contribution < -0.4 is 15.9 Å². The molecule has 1 unspecified atom stereocenters. The Morgan fingerprint density at radius 1 is 1.00 bits per heavy atom. The second-order valence-corrected chi connectivity index (χ2v) is 11.5. The number of rotatable bonds is 5. The summed E-state index contributed by atoms with van der Waals surface area (Å²) in [5.41, 5.74) is 4.88. The zero-order chi connectivity index (χ0) is 21.3. The van der Waals surface area contributed by atoms with Crippen LogP contribution in [0.15, 0.2) is 30.3 Å². The zero-order valence-corrected chi connectivity index (χ0v) is 20.1. The number of hydrogen-bond acceptors (Lipinski definition) is 2. The highest BCUT2D eigenvalue weighted by atomic mass is 31.1. The lowest BCUT2D eigenvalue weighted by atomic mass is 9.80. The summed E-state index contributed by atoms with van der Waals surface area (Å²) in [6.07, 6.45) is 0. The quantitative estimate of drug-likeness (QED) is 0.658. The smallest absolute Gasteiger partial charge is 0.127 e. The largest absolute Gasteiger partial charge is 0.507 e.